The molecule has 1 amide bonds. The summed E-state index contributed by atoms with van der Waals surface area (Å²) in [6, 6.07) is 12.9. The molecule has 0 saturated carbocycles. The monoisotopic (exact) mass is 430 g/mol. The van der Waals surface area contributed by atoms with Crippen molar-refractivity contribution in [3.63, 3.8) is 0 Å². The van der Waals surface area contributed by atoms with Crippen molar-refractivity contribution in [2.24, 2.45) is 0 Å². The van der Waals surface area contributed by atoms with Gasteiger partial charge in [0.1, 0.15) is 0 Å². The number of hydrogen-bond donors (Lipinski definition) is 1. The fraction of sp³-hybridized carbons (Fsp3) is 0.250. The largest absolute Gasteiger partial charge is 0.454 e. The first-order chi connectivity index (χ1) is 14.1. The van der Waals surface area contributed by atoms with E-state index in [4.69, 9.17) is 21.1 Å². The Morgan fingerprint density at radius 1 is 1.17 bits per heavy atom. The molecule has 4 rings (SSSR count). The summed E-state index contributed by atoms with van der Waals surface area (Å²) < 4.78 is 12.6. The number of rotatable bonds is 7. The lowest BCUT2D eigenvalue weighted by Crippen LogP contribution is -2.12. The average molecular weight is 431 g/mol. The SMILES string of the molecule is CCn1c(SCCC(=O)Nc2ccc3c(c2)OCO3)nnc1-c1ccc(Cl)cc1. The Morgan fingerprint density at radius 3 is 2.76 bits per heavy atom. The Morgan fingerprint density at radius 2 is 1.97 bits per heavy atom. The van der Waals surface area contributed by atoms with Crippen LogP contribution in [-0.2, 0) is 11.3 Å². The van der Waals surface area contributed by atoms with Crippen LogP contribution in [0, 0.1) is 0 Å². The minimum atomic E-state index is -0.0724. The van der Waals surface area contributed by atoms with Crippen molar-refractivity contribution in [1.82, 2.24) is 14.8 Å². The number of carbonyl (C=O) groups is 1. The van der Waals surface area contributed by atoms with E-state index in [1.165, 1.54) is 11.8 Å². The maximum absolute atomic E-state index is 12.3. The van der Waals surface area contributed by atoms with Gasteiger partial charge in [-0.05, 0) is 43.3 Å². The summed E-state index contributed by atoms with van der Waals surface area (Å²) in [5.41, 5.74) is 1.64. The third kappa shape index (κ3) is 4.49. The number of benzene rings is 2. The third-order valence-corrected chi connectivity index (χ3v) is 5.57. The molecule has 0 radical (unpaired) electrons. The molecule has 7 nitrogen and oxygen atoms in total. The van der Waals surface area contributed by atoms with Crippen molar-refractivity contribution in [1.29, 1.82) is 0 Å². The summed E-state index contributed by atoms with van der Waals surface area (Å²) in [5, 5.41) is 12.9. The van der Waals surface area contributed by atoms with Gasteiger partial charge in [0, 0.05) is 41.1 Å². The average Bonchev–Trinajstić information content (AvgIpc) is 3.35. The smallest absolute Gasteiger partial charge is 0.231 e. The zero-order valence-electron chi connectivity index (χ0n) is 15.7. The Labute approximate surface area is 177 Å². The summed E-state index contributed by atoms with van der Waals surface area (Å²) in [6.07, 6.45) is 0.353. The van der Waals surface area contributed by atoms with E-state index in [-0.39, 0.29) is 12.7 Å². The molecule has 3 aromatic rings. The highest BCUT2D eigenvalue weighted by atomic mass is 35.5. The molecule has 0 atom stereocenters. The first-order valence-electron chi connectivity index (χ1n) is 9.15. The van der Waals surface area contributed by atoms with Gasteiger partial charge in [-0.3, -0.25) is 4.79 Å². The number of hydrogen-bond acceptors (Lipinski definition) is 6. The molecule has 2 aromatic carbocycles. The van der Waals surface area contributed by atoms with Gasteiger partial charge in [0.2, 0.25) is 12.7 Å². The van der Waals surface area contributed by atoms with Crippen LogP contribution in [0.1, 0.15) is 13.3 Å². The Kier molecular flexibility index (Phi) is 5.92. The number of thioether (sulfide) groups is 1. The Bertz CT molecular complexity index is 1020. The van der Waals surface area contributed by atoms with Gasteiger partial charge in [-0.15, -0.1) is 10.2 Å². The minimum Gasteiger partial charge on any atom is -0.454 e. The topological polar surface area (TPSA) is 78.3 Å². The van der Waals surface area contributed by atoms with E-state index < -0.39 is 0 Å². The first-order valence-corrected chi connectivity index (χ1v) is 10.5. The van der Waals surface area contributed by atoms with Crippen LogP contribution in [0.15, 0.2) is 47.6 Å². The molecule has 1 aromatic heterocycles. The second-order valence-corrected chi connectivity index (χ2v) is 7.77. The van der Waals surface area contributed by atoms with Gasteiger partial charge in [0.15, 0.2) is 22.5 Å². The second-order valence-electron chi connectivity index (χ2n) is 6.27. The molecular weight excluding hydrogens is 412 g/mol. The molecule has 0 fully saturated rings. The fourth-order valence-corrected chi connectivity index (χ4v) is 3.99. The van der Waals surface area contributed by atoms with Crippen LogP contribution in [0.2, 0.25) is 5.02 Å². The van der Waals surface area contributed by atoms with Crippen LogP contribution < -0.4 is 14.8 Å². The second kappa shape index (κ2) is 8.75. The van der Waals surface area contributed by atoms with Gasteiger partial charge in [0.05, 0.1) is 0 Å². The van der Waals surface area contributed by atoms with Crippen molar-refractivity contribution in [2.45, 2.75) is 25.0 Å². The third-order valence-electron chi connectivity index (χ3n) is 4.35. The maximum atomic E-state index is 12.3. The van der Waals surface area contributed by atoms with Crippen molar-refractivity contribution in [3.8, 4) is 22.9 Å². The Hall–Kier alpha value is -2.71. The fourth-order valence-electron chi connectivity index (χ4n) is 2.93. The molecule has 0 saturated heterocycles. The van der Waals surface area contributed by atoms with E-state index in [1.807, 2.05) is 35.8 Å². The molecule has 0 spiro atoms. The standard InChI is InChI=1S/C20H19ClN4O3S/c1-2-25-19(13-3-5-14(21)6-4-13)23-24-20(25)29-10-9-18(26)22-15-7-8-16-17(11-15)28-12-27-16/h3-8,11H,2,9-10,12H2,1H3,(H,22,26). The van der Waals surface area contributed by atoms with Crippen molar-refractivity contribution in [3.05, 3.63) is 47.5 Å². The van der Waals surface area contributed by atoms with Crippen LogP contribution in [0.5, 0.6) is 11.5 Å². The highest BCUT2D eigenvalue weighted by Crippen LogP contribution is 2.34. The van der Waals surface area contributed by atoms with Crippen molar-refractivity contribution >= 4 is 35.0 Å². The molecule has 2 heterocycles. The van der Waals surface area contributed by atoms with E-state index in [1.54, 1.807) is 18.2 Å². The molecule has 9 heteroatoms. The Balaban J connectivity index is 1.34. The van der Waals surface area contributed by atoms with Crippen LogP contribution in [0.25, 0.3) is 11.4 Å². The van der Waals surface area contributed by atoms with E-state index in [0.29, 0.717) is 34.4 Å². The lowest BCUT2D eigenvalue weighted by Gasteiger charge is -2.08. The zero-order valence-corrected chi connectivity index (χ0v) is 17.3. The number of aromatic nitrogens is 3. The maximum Gasteiger partial charge on any atom is 0.231 e. The molecule has 150 valence electrons. The van der Waals surface area contributed by atoms with Crippen LogP contribution in [0.4, 0.5) is 5.69 Å². The molecule has 0 bridgehead atoms. The van der Waals surface area contributed by atoms with E-state index in [0.717, 1.165) is 23.1 Å². The summed E-state index contributed by atoms with van der Waals surface area (Å²) in [5.74, 6) is 2.64. The van der Waals surface area contributed by atoms with E-state index in [9.17, 15) is 4.79 Å². The van der Waals surface area contributed by atoms with Gasteiger partial charge < -0.3 is 19.4 Å². The molecule has 1 aliphatic heterocycles. The number of nitrogens with zero attached hydrogens (tertiary/aromatic N) is 3. The van der Waals surface area contributed by atoms with Crippen LogP contribution >= 0.6 is 23.4 Å². The lowest BCUT2D eigenvalue weighted by molar-refractivity contribution is -0.115. The highest BCUT2D eigenvalue weighted by Gasteiger charge is 2.16. The summed E-state index contributed by atoms with van der Waals surface area (Å²) >= 11 is 7.47. The highest BCUT2D eigenvalue weighted by molar-refractivity contribution is 7.99. The lowest BCUT2D eigenvalue weighted by atomic mass is 10.2. The number of amides is 1. The van der Waals surface area contributed by atoms with E-state index in [2.05, 4.69) is 15.5 Å². The van der Waals surface area contributed by atoms with Crippen LogP contribution in [0.3, 0.4) is 0 Å². The molecular formula is C20H19ClN4O3S. The summed E-state index contributed by atoms with van der Waals surface area (Å²) in [6.45, 7) is 2.98. The van der Waals surface area contributed by atoms with E-state index >= 15 is 0 Å². The summed E-state index contributed by atoms with van der Waals surface area (Å²) in [7, 11) is 0. The van der Waals surface area contributed by atoms with Gasteiger partial charge in [-0.25, -0.2) is 0 Å². The van der Waals surface area contributed by atoms with Gasteiger partial charge >= 0.3 is 0 Å². The minimum absolute atomic E-state index is 0.0724. The van der Waals surface area contributed by atoms with Gasteiger partial charge in [-0.1, -0.05) is 23.4 Å². The quantitative estimate of drug-likeness (QED) is 0.557. The predicted molar refractivity (Wildman–Crippen MR) is 113 cm³/mol. The number of carbonyl (C=O) groups excluding carboxylic acids is 1. The first kappa shape index (κ1) is 19.6. The van der Waals surface area contributed by atoms with Gasteiger partial charge in [0.25, 0.3) is 0 Å². The molecule has 1 N–H and O–H groups in total. The normalized spacial score (nSPS) is 12.2. The predicted octanol–water partition coefficient (Wildman–Crippen LogP) is 4.47. The molecule has 1 aliphatic rings. The zero-order chi connectivity index (χ0) is 20.2. The van der Waals surface area contributed by atoms with Gasteiger partial charge in [-0.2, -0.15) is 0 Å². The number of anilines is 1. The molecule has 0 unspecified atom stereocenters. The van der Waals surface area contributed by atoms with Crippen molar-refractivity contribution < 1.29 is 14.3 Å². The number of ether oxygens (including phenoxy) is 2. The van der Waals surface area contributed by atoms with Crippen molar-refractivity contribution in [2.75, 3.05) is 17.9 Å². The number of halogens is 1. The number of fused-ring (bicyclic) bond motifs is 1. The number of nitrogens with one attached hydrogen (secondary N) is 1. The van der Waals surface area contributed by atoms with Crippen LogP contribution in [-0.4, -0.2) is 33.2 Å². The summed E-state index contributed by atoms with van der Waals surface area (Å²) in [4.78, 5) is 12.3. The molecule has 0 aliphatic carbocycles. The molecule has 29 heavy (non-hydrogen) atoms.